The molecule has 0 aromatic rings. The lowest BCUT2D eigenvalue weighted by Gasteiger charge is -2.62. The van der Waals surface area contributed by atoms with Gasteiger partial charge in [0.15, 0.2) is 0 Å². The second kappa shape index (κ2) is 7.20. The molecule has 0 saturated heterocycles. The molecule has 0 amide bonds. The van der Waals surface area contributed by atoms with E-state index in [-0.39, 0.29) is 28.5 Å². The third-order valence-corrected chi connectivity index (χ3v) is 12.6. The van der Waals surface area contributed by atoms with Gasteiger partial charge >= 0.3 is 0 Å². The summed E-state index contributed by atoms with van der Waals surface area (Å²) >= 11 is 0. The molecule has 5 aliphatic rings. The summed E-state index contributed by atoms with van der Waals surface area (Å²) in [7, 11) is 0. The molecular weight excluding hydrogens is 392 g/mol. The number of hydrogen-bond donors (Lipinski definition) is 2. The Bertz CT molecular complexity index is 838. The Labute approximate surface area is 197 Å². The zero-order valence-corrected chi connectivity index (χ0v) is 21.6. The van der Waals surface area contributed by atoms with Crippen molar-refractivity contribution in [3.63, 3.8) is 0 Å². The minimum atomic E-state index is -0.194. The fourth-order valence-corrected chi connectivity index (χ4v) is 10.4. The molecule has 180 valence electrons. The van der Waals surface area contributed by atoms with Gasteiger partial charge in [0.25, 0.3) is 0 Å². The first kappa shape index (κ1) is 23.2. The molecule has 0 bridgehead atoms. The van der Waals surface area contributed by atoms with E-state index in [4.69, 9.17) is 0 Å². The molecule has 5 aliphatic carbocycles. The maximum Gasteiger partial charge on any atom is 0.0636 e. The van der Waals surface area contributed by atoms with E-state index in [9.17, 15) is 10.2 Å². The first-order valence-corrected chi connectivity index (χ1v) is 13.6. The molecule has 2 heteroatoms. The summed E-state index contributed by atoms with van der Waals surface area (Å²) in [4.78, 5) is 0. The number of rotatable bonds is 2. The van der Waals surface area contributed by atoms with Crippen LogP contribution in [0.3, 0.4) is 0 Å². The van der Waals surface area contributed by atoms with Gasteiger partial charge in [-0.3, -0.25) is 0 Å². The van der Waals surface area contributed by atoms with E-state index < -0.39 is 0 Å². The molecule has 3 saturated carbocycles. The Morgan fingerprint density at radius 1 is 0.844 bits per heavy atom. The zero-order valence-electron chi connectivity index (χ0n) is 21.6. The molecule has 9 unspecified atom stereocenters. The third kappa shape index (κ3) is 2.78. The standard InChI is InChI=1S/C30H48O2/c1-18(2)19-8-9-20(26(19)32)21-12-16-30(7)23-10-11-24-27(3,4)25(31)14-15-28(24,5)22(23)13-17-29(21,30)6/h19-21,24-26,31-32H,1,8-17H2,2-7H3. The molecular formula is C30H48O2. The second-order valence-electron chi connectivity index (χ2n) is 13.9. The fourth-order valence-electron chi connectivity index (χ4n) is 10.4. The van der Waals surface area contributed by atoms with Gasteiger partial charge in [-0.25, -0.2) is 0 Å². The number of aliphatic hydroxyl groups is 2. The van der Waals surface area contributed by atoms with Crippen molar-refractivity contribution in [3.05, 3.63) is 23.3 Å². The highest BCUT2D eigenvalue weighted by molar-refractivity contribution is 5.39. The van der Waals surface area contributed by atoms with Crippen molar-refractivity contribution in [2.45, 2.75) is 118 Å². The lowest BCUT2D eigenvalue weighted by atomic mass is 9.43. The normalized spacial score (nSPS) is 52.4. The molecule has 0 aliphatic heterocycles. The quantitative estimate of drug-likeness (QED) is 0.451. The summed E-state index contributed by atoms with van der Waals surface area (Å²) in [5, 5.41) is 22.1. The Balaban J connectivity index is 1.50. The van der Waals surface area contributed by atoms with Gasteiger partial charge in [-0.1, -0.05) is 57.9 Å². The van der Waals surface area contributed by atoms with Crippen LogP contribution in [0.1, 0.15) is 106 Å². The highest BCUT2D eigenvalue weighted by Gasteiger charge is 2.64. The summed E-state index contributed by atoms with van der Waals surface area (Å²) in [6.07, 6.45) is 11.6. The third-order valence-electron chi connectivity index (χ3n) is 12.6. The molecule has 0 radical (unpaired) electrons. The zero-order chi connectivity index (χ0) is 23.3. The monoisotopic (exact) mass is 440 g/mol. The lowest BCUT2D eigenvalue weighted by Crippen LogP contribution is -2.55. The first-order chi connectivity index (χ1) is 14.9. The van der Waals surface area contributed by atoms with E-state index in [0.29, 0.717) is 29.1 Å². The van der Waals surface area contributed by atoms with Gasteiger partial charge in [0.1, 0.15) is 0 Å². The van der Waals surface area contributed by atoms with Crippen LogP contribution in [0.25, 0.3) is 0 Å². The number of allylic oxidation sites excluding steroid dienone is 2. The number of fused-ring (bicyclic) bond motifs is 4. The van der Waals surface area contributed by atoms with Crippen LogP contribution in [0.15, 0.2) is 23.3 Å². The Morgan fingerprint density at radius 2 is 1.56 bits per heavy atom. The van der Waals surface area contributed by atoms with Crippen molar-refractivity contribution >= 4 is 0 Å². The van der Waals surface area contributed by atoms with Crippen LogP contribution in [0.2, 0.25) is 0 Å². The van der Waals surface area contributed by atoms with Crippen molar-refractivity contribution in [1.82, 2.24) is 0 Å². The molecule has 0 spiro atoms. The summed E-state index contributed by atoms with van der Waals surface area (Å²) in [5.41, 5.74) is 5.63. The fraction of sp³-hybridized carbons (Fsp3) is 0.867. The van der Waals surface area contributed by atoms with E-state index in [2.05, 4.69) is 48.1 Å². The van der Waals surface area contributed by atoms with Crippen LogP contribution < -0.4 is 0 Å². The molecule has 32 heavy (non-hydrogen) atoms. The summed E-state index contributed by atoms with van der Waals surface area (Å²) in [5.74, 6) is 1.98. The van der Waals surface area contributed by atoms with E-state index in [1.807, 2.05) is 5.57 Å². The Hall–Kier alpha value is -0.600. The minimum Gasteiger partial charge on any atom is -0.393 e. The molecule has 0 aromatic heterocycles. The smallest absolute Gasteiger partial charge is 0.0636 e. The molecule has 0 heterocycles. The molecule has 3 fully saturated rings. The van der Waals surface area contributed by atoms with Gasteiger partial charge in [-0.05, 0) is 111 Å². The van der Waals surface area contributed by atoms with Crippen molar-refractivity contribution in [1.29, 1.82) is 0 Å². The molecule has 9 atom stereocenters. The highest BCUT2D eigenvalue weighted by atomic mass is 16.3. The van der Waals surface area contributed by atoms with Crippen molar-refractivity contribution < 1.29 is 10.2 Å². The minimum absolute atomic E-state index is 0.0108. The highest BCUT2D eigenvalue weighted by Crippen LogP contribution is 2.73. The van der Waals surface area contributed by atoms with E-state index >= 15 is 0 Å². The van der Waals surface area contributed by atoms with Gasteiger partial charge < -0.3 is 10.2 Å². The first-order valence-electron chi connectivity index (χ1n) is 13.6. The van der Waals surface area contributed by atoms with Crippen molar-refractivity contribution in [2.75, 3.05) is 0 Å². The average Bonchev–Trinajstić information content (AvgIpc) is 3.22. The second-order valence-corrected chi connectivity index (χ2v) is 13.9. The maximum atomic E-state index is 11.3. The molecule has 2 nitrogen and oxygen atoms in total. The topological polar surface area (TPSA) is 40.5 Å². The van der Waals surface area contributed by atoms with E-state index in [1.54, 1.807) is 5.57 Å². The SMILES string of the molecule is C=C(C)C1CCC(C2CCC3(C)C4=C(CCC23C)C2(C)CCC(O)C(C)(C)C2CC4)C1O. The number of hydrogen-bond acceptors (Lipinski definition) is 2. The van der Waals surface area contributed by atoms with Gasteiger partial charge in [0, 0.05) is 5.92 Å². The van der Waals surface area contributed by atoms with Crippen LogP contribution in [0, 0.1) is 45.3 Å². The van der Waals surface area contributed by atoms with Crippen LogP contribution in [0.4, 0.5) is 0 Å². The maximum absolute atomic E-state index is 11.3. The number of aliphatic hydroxyl groups excluding tert-OH is 2. The van der Waals surface area contributed by atoms with Gasteiger partial charge in [0.05, 0.1) is 12.2 Å². The lowest BCUT2D eigenvalue weighted by molar-refractivity contribution is -0.0970. The van der Waals surface area contributed by atoms with E-state index in [1.165, 1.54) is 50.5 Å². The summed E-state index contributed by atoms with van der Waals surface area (Å²) in [6, 6.07) is 0. The van der Waals surface area contributed by atoms with Crippen LogP contribution >= 0.6 is 0 Å². The van der Waals surface area contributed by atoms with Crippen LogP contribution in [-0.4, -0.2) is 22.4 Å². The molecule has 2 N–H and O–H groups in total. The summed E-state index contributed by atoms with van der Waals surface area (Å²) in [6.45, 7) is 18.7. The average molecular weight is 441 g/mol. The van der Waals surface area contributed by atoms with E-state index in [0.717, 1.165) is 19.3 Å². The molecule has 0 aromatic carbocycles. The van der Waals surface area contributed by atoms with Gasteiger partial charge in [-0.2, -0.15) is 0 Å². The Kier molecular flexibility index (Phi) is 5.21. The van der Waals surface area contributed by atoms with Crippen molar-refractivity contribution in [3.8, 4) is 0 Å². The largest absolute Gasteiger partial charge is 0.393 e. The Morgan fingerprint density at radius 3 is 2.22 bits per heavy atom. The van der Waals surface area contributed by atoms with Crippen molar-refractivity contribution in [2.24, 2.45) is 45.3 Å². The van der Waals surface area contributed by atoms with Gasteiger partial charge in [0.2, 0.25) is 0 Å². The van der Waals surface area contributed by atoms with Gasteiger partial charge in [-0.15, -0.1) is 0 Å². The van der Waals surface area contributed by atoms with Crippen LogP contribution in [-0.2, 0) is 0 Å². The molecule has 5 rings (SSSR count). The summed E-state index contributed by atoms with van der Waals surface area (Å²) < 4.78 is 0. The predicted molar refractivity (Wildman–Crippen MR) is 132 cm³/mol. The predicted octanol–water partition coefficient (Wildman–Crippen LogP) is 7.06. The van der Waals surface area contributed by atoms with Crippen LogP contribution in [0.5, 0.6) is 0 Å².